The van der Waals surface area contributed by atoms with Crippen LogP contribution in [0, 0.1) is 18.8 Å². The van der Waals surface area contributed by atoms with Crippen LogP contribution in [0.3, 0.4) is 0 Å². The Balaban J connectivity index is 1.62. The van der Waals surface area contributed by atoms with E-state index in [-0.39, 0.29) is 54.3 Å². The van der Waals surface area contributed by atoms with Crippen molar-refractivity contribution in [1.82, 2.24) is 9.21 Å². The molecule has 2 aromatic carbocycles. The zero-order chi connectivity index (χ0) is 34.1. The van der Waals surface area contributed by atoms with Crippen molar-refractivity contribution in [2.45, 2.75) is 102 Å². The number of nitrogens with one attached hydrogen (secondary N) is 1. The smallest absolute Gasteiger partial charge is 0.258 e. The Kier molecular flexibility index (Phi) is 13.2. The lowest BCUT2D eigenvalue weighted by Crippen LogP contribution is -2.48. The molecule has 11 heteroatoms. The summed E-state index contributed by atoms with van der Waals surface area (Å²) in [6, 6.07) is 11.4. The minimum atomic E-state index is -3.77. The average Bonchev–Trinajstić information content (AvgIpc) is 3.06. The standard InChI is InChI=1S/C36H53N3O7S/c1-25-14-17-31(18-15-25)47(43,44)38(5)23-34-26(2)22-39(27(3)24-40)36(42)32-21-30(37-35(41)29-12-7-6-8-13-29)16-19-33(32)46-28(4)11-9-10-20-45-34/h14-19,21,26-29,34,40H,6-13,20,22-24H2,1-5H3,(H,37,41)/t26-,27-,28-,34+/m1/s1. The highest BCUT2D eigenvalue weighted by atomic mass is 32.2. The van der Waals surface area contributed by atoms with Gasteiger partial charge in [-0.1, -0.05) is 43.9 Å². The molecule has 2 aliphatic rings. The molecule has 0 unspecified atom stereocenters. The van der Waals surface area contributed by atoms with E-state index in [1.165, 1.54) is 4.31 Å². The maximum atomic E-state index is 14.4. The number of likely N-dealkylation sites (N-methyl/N-ethyl adjacent to an activating group) is 1. The first kappa shape index (κ1) is 36.8. The Bertz CT molecular complexity index is 1440. The number of fused-ring (bicyclic) bond motifs is 1. The van der Waals surface area contributed by atoms with E-state index >= 15 is 0 Å². The Morgan fingerprint density at radius 1 is 1.04 bits per heavy atom. The maximum absolute atomic E-state index is 14.4. The van der Waals surface area contributed by atoms with Crippen molar-refractivity contribution < 1.29 is 32.6 Å². The van der Waals surface area contributed by atoms with Crippen molar-refractivity contribution >= 4 is 27.5 Å². The van der Waals surface area contributed by atoms with Gasteiger partial charge < -0.3 is 24.8 Å². The number of aliphatic hydroxyl groups excluding tert-OH is 1. The molecule has 0 radical (unpaired) electrons. The van der Waals surface area contributed by atoms with Crippen LogP contribution in [0.2, 0.25) is 0 Å². The van der Waals surface area contributed by atoms with E-state index in [9.17, 15) is 23.1 Å². The van der Waals surface area contributed by atoms with Crippen molar-refractivity contribution in [3.63, 3.8) is 0 Å². The van der Waals surface area contributed by atoms with Gasteiger partial charge in [0, 0.05) is 44.3 Å². The van der Waals surface area contributed by atoms with Crippen LogP contribution in [0.5, 0.6) is 5.75 Å². The number of hydrogen-bond donors (Lipinski definition) is 2. The van der Waals surface area contributed by atoms with Gasteiger partial charge in [0.25, 0.3) is 5.91 Å². The van der Waals surface area contributed by atoms with E-state index in [0.717, 1.165) is 56.9 Å². The summed E-state index contributed by atoms with van der Waals surface area (Å²) in [6.07, 6.45) is 6.57. The van der Waals surface area contributed by atoms with Crippen molar-refractivity contribution in [3.05, 3.63) is 53.6 Å². The number of nitrogens with zero attached hydrogens (tertiary/aromatic N) is 2. The summed E-state index contributed by atoms with van der Waals surface area (Å²) in [7, 11) is -2.22. The second-order valence-corrected chi connectivity index (χ2v) is 15.5. The number of aryl methyl sites for hydroxylation is 1. The van der Waals surface area contributed by atoms with E-state index in [2.05, 4.69) is 5.32 Å². The maximum Gasteiger partial charge on any atom is 0.258 e. The fourth-order valence-corrected chi connectivity index (χ4v) is 7.50. The minimum Gasteiger partial charge on any atom is -0.490 e. The summed E-state index contributed by atoms with van der Waals surface area (Å²) >= 11 is 0. The Morgan fingerprint density at radius 2 is 1.72 bits per heavy atom. The third kappa shape index (κ3) is 9.78. The lowest BCUT2D eigenvalue weighted by Gasteiger charge is -2.35. The number of ether oxygens (including phenoxy) is 2. The van der Waals surface area contributed by atoms with Crippen LogP contribution in [0.15, 0.2) is 47.4 Å². The van der Waals surface area contributed by atoms with Gasteiger partial charge in [0.1, 0.15) is 5.75 Å². The molecule has 1 heterocycles. The molecule has 2 N–H and O–H groups in total. The number of hydrogen-bond acceptors (Lipinski definition) is 7. The molecule has 0 spiro atoms. The quantitative estimate of drug-likeness (QED) is 0.373. The first-order chi connectivity index (χ1) is 22.4. The van der Waals surface area contributed by atoms with E-state index in [4.69, 9.17) is 9.47 Å². The SMILES string of the molecule is Cc1ccc(S(=O)(=O)N(C)C[C@@H]2OCCCC[C@@H](C)Oc3ccc(NC(=O)C4CCCCC4)cc3C(=O)N([C@H](C)CO)C[C@H]2C)cc1. The lowest BCUT2D eigenvalue weighted by atomic mass is 9.88. The second-order valence-electron chi connectivity index (χ2n) is 13.4. The number of carbonyl (C=O) groups is 2. The first-order valence-corrected chi connectivity index (χ1v) is 18.5. The predicted molar refractivity (Wildman–Crippen MR) is 183 cm³/mol. The molecule has 1 aliphatic carbocycles. The molecule has 0 aromatic heterocycles. The normalized spacial score (nSPS) is 23.0. The fraction of sp³-hybridized carbons (Fsp3) is 0.611. The Morgan fingerprint density at radius 3 is 2.40 bits per heavy atom. The Hall–Kier alpha value is -2.99. The fourth-order valence-electron chi connectivity index (χ4n) is 6.31. The van der Waals surface area contributed by atoms with Crippen LogP contribution < -0.4 is 10.1 Å². The highest BCUT2D eigenvalue weighted by molar-refractivity contribution is 7.89. The van der Waals surface area contributed by atoms with E-state index in [0.29, 0.717) is 23.6 Å². The number of benzene rings is 2. The van der Waals surface area contributed by atoms with Crippen LogP contribution >= 0.6 is 0 Å². The minimum absolute atomic E-state index is 0.0359. The van der Waals surface area contributed by atoms with Gasteiger partial charge in [0.05, 0.1) is 35.3 Å². The average molecular weight is 672 g/mol. The van der Waals surface area contributed by atoms with Gasteiger partial charge in [-0.3, -0.25) is 9.59 Å². The first-order valence-electron chi connectivity index (χ1n) is 17.1. The zero-order valence-electron chi connectivity index (χ0n) is 28.6. The van der Waals surface area contributed by atoms with Gasteiger partial charge in [0.15, 0.2) is 0 Å². The molecule has 1 fully saturated rings. The van der Waals surface area contributed by atoms with Crippen LogP contribution in [0.1, 0.15) is 88.1 Å². The molecule has 1 saturated carbocycles. The summed E-state index contributed by atoms with van der Waals surface area (Å²) in [5.41, 5.74) is 1.80. The molecule has 4 atom stereocenters. The highest BCUT2D eigenvalue weighted by Gasteiger charge is 2.32. The highest BCUT2D eigenvalue weighted by Crippen LogP contribution is 2.30. The number of sulfonamides is 1. The van der Waals surface area contributed by atoms with Gasteiger partial charge in [0.2, 0.25) is 15.9 Å². The molecule has 1 aliphatic heterocycles. The van der Waals surface area contributed by atoms with E-state index in [1.54, 1.807) is 61.3 Å². The van der Waals surface area contributed by atoms with Gasteiger partial charge >= 0.3 is 0 Å². The number of rotatable bonds is 8. The zero-order valence-corrected chi connectivity index (χ0v) is 29.4. The summed E-state index contributed by atoms with van der Waals surface area (Å²) in [6.45, 7) is 8.05. The molecule has 0 saturated heterocycles. The summed E-state index contributed by atoms with van der Waals surface area (Å²) in [5.74, 6) is -0.281. The van der Waals surface area contributed by atoms with Crippen LogP contribution in [-0.2, 0) is 19.6 Å². The molecular weight excluding hydrogens is 618 g/mol. The number of carbonyl (C=O) groups excluding carboxylic acids is 2. The molecule has 47 heavy (non-hydrogen) atoms. The monoisotopic (exact) mass is 671 g/mol. The van der Waals surface area contributed by atoms with Crippen molar-refractivity contribution in [2.75, 3.05) is 38.7 Å². The molecule has 2 amide bonds. The number of anilines is 1. The lowest BCUT2D eigenvalue weighted by molar-refractivity contribution is -0.120. The van der Waals surface area contributed by atoms with E-state index < -0.39 is 22.2 Å². The molecule has 0 bridgehead atoms. The second kappa shape index (κ2) is 16.9. The summed E-state index contributed by atoms with van der Waals surface area (Å²) < 4.78 is 40.9. The number of aliphatic hydroxyl groups is 1. The van der Waals surface area contributed by atoms with Crippen LogP contribution in [-0.4, -0.2) is 86.1 Å². The van der Waals surface area contributed by atoms with E-state index in [1.807, 2.05) is 20.8 Å². The van der Waals surface area contributed by atoms with Gasteiger partial charge in [-0.2, -0.15) is 4.31 Å². The topological polar surface area (TPSA) is 125 Å². The van der Waals surface area contributed by atoms with Crippen molar-refractivity contribution in [3.8, 4) is 5.75 Å². The summed E-state index contributed by atoms with van der Waals surface area (Å²) in [5, 5.41) is 13.3. The molecule has 10 nitrogen and oxygen atoms in total. The van der Waals surface area contributed by atoms with Gasteiger partial charge in [-0.15, -0.1) is 0 Å². The molecule has 4 rings (SSSR count). The van der Waals surface area contributed by atoms with Crippen LogP contribution in [0.4, 0.5) is 5.69 Å². The molecule has 2 aromatic rings. The predicted octanol–water partition coefficient (Wildman–Crippen LogP) is 5.63. The van der Waals surface area contributed by atoms with Gasteiger partial charge in [-0.25, -0.2) is 8.42 Å². The third-order valence-electron chi connectivity index (χ3n) is 9.46. The number of amides is 2. The van der Waals surface area contributed by atoms with Crippen molar-refractivity contribution in [1.29, 1.82) is 0 Å². The molecule has 260 valence electrons. The largest absolute Gasteiger partial charge is 0.490 e. The summed E-state index contributed by atoms with van der Waals surface area (Å²) in [4.78, 5) is 29.3. The Labute approximate surface area is 280 Å². The van der Waals surface area contributed by atoms with Crippen molar-refractivity contribution in [2.24, 2.45) is 11.8 Å². The molecular formula is C36H53N3O7S. The van der Waals surface area contributed by atoms with Gasteiger partial charge in [-0.05, 0) is 83.2 Å². The van der Waals surface area contributed by atoms with Crippen LogP contribution in [0.25, 0.3) is 0 Å². The third-order valence-corrected chi connectivity index (χ3v) is 11.3.